The molecule has 1 N–H and O–H groups in total. The third kappa shape index (κ3) is 2.24. The van der Waals surface area contributed by atoms with Gasteiger partial charge in [-0.05, 0) is 19.1 Å². The summed E-state index contributed by atoms with van der Waals surface area (Å²) in [4.78, 5) is 34.2. The minimum Gasteiger partial charge on any atom is -0.444 e. The molecule has 1 unspecified atom stereocenters. The Morgan fingerprint density at radius 2 is 2.14 bits per heavy atom. The van der Waals surface area contributed by atoms with E-state index < -0.39 is 11.6 Å². The van der Waals surface area contributed by atoms with Crippen molar-refractivity contribution in [1.82, 2.24) is 20.2 Å². The first-order chi connectivity index (χ1) is 10.5. The maximum Gasteiger partial charge on any atom is 0.325 e. The van der Waals surface area contributed by atoms with E-state index in [0.29, 0.717) is 18.0 Å². The number of nitrogens with one attached hydrogen (secondary N) is 1. The van der Waals surface area contributed by atoms with Gasteiger partial charge in [-0.15, -0.1) is 0 Å². The second-order valence-electron chi connectivity index (χ2n) is 5.24. The van der Waals surface area contributed by atoms with Gasteiger partial charge in [0.15, 0.2) is 5.54 Å². The van der Waals surface area contributed by atoms with Gasteiger partial charge in [-0.1, -0.05) is 13.0 Å². The molecule has 0 saturated carbocycles. The van der Waals surface area contributed by atoms with E-state index in [9.17, 15) is 9.59 Å². The fourth-order valence-electron chi connectivity index (χ4n) is 2.39. The van der Waals surface area contributed by atoms with Crippen LogP contribution in [-0.4, -0.2) is 26.8 Å². The molecule has 114 valence electrons. The third-order valence-corrected chi connectivity index (χ3v) is 3.70. The van der Waals surface area contributed by atoms with Crippen LogP contribution >= 0.6 is 0 Å². The van der Waals surface area contributed by atoms with Crippen molar-refractivity contribution >= 4 is 11.9 Å². The summed E-state index contributed by atoms with van der Waals surface area (Å²) in [5.74, 6) is 0.688. The summed E-state index contributed by atoms with van der Waals surface area (Å²) in [7, 11) is 0. The minimum absolute atomic E-state index is 0.00703. The third-order valence-electron chi connectivity index (χ3n) is 3.70. The molecule has 1 aliphatic rings. The number of hydrogen-bond donors (Lipinski definition) is 1. The highest BCUT2D eigenvalue weighted by Gasteiger charge is 2.50. The first-order valence-corrected chi connectivity index (χ1v) is 7.04. The van der Waals surface area contributed by atoms with Crippen LogP contribution in [0.5, 0.6) is 0 Å². The van der Waals surface area contributed by atoms with Crippen molar-refractivity contribution in [2.45, 2.75) is 32.4 Å². The summed E-state index contributed by atoms with van der Waals surface area (Å²) in [6.45, 7) is 3.59. The van der Waals surface area contributed by atoms with Crippen LogP contribution in [0.25, 0.3) is 0 Å². The first-order valence-electron chi connectivity index (χ1n) is 7.04. The van der Waals surface area contributed by atoms with Crippen molar-refractivity contribution < 1.29 is 14.0 Å². The zero-order valence-corrected chi connectivity index (χ0v) is 12.4. The number of hydrogen-bond acceptors (Lipinski definition) is 5. The van der Waals surface area contributed by atoms with E-state index in [0.717, 1.165) is 10.7 Å². The summed E-state index contributed by atoms with van der Waals surface area (Å²) in [6, 6.07) is 4.76. The van der Waals surface area contributed by atoms with Crippen molar-refractivity contribution in [2.75, 3.05) is 0 Å². The molecule has 7 heteroatoms. The first kappa shape index (κ1) is 14.2. The van der Waals surface area contributed by atoms with Gasteiger partial charge in [0.1, 0.15) is 12.3 Å². The van der Waals surface area contributed by atoms with Gasteiger partial charge in [-0.25, -0.2) is 9.78 Å². The molecule has 2 aromatic rings. The van der Waals surface area contributed by atoms with E-state index >= 15 is 0 Å². The van der Waals surface area contributed by atoms with Crippen LogP contribution in [0.3, 0.4) is 0 Å². The fourth-order valence-corrected chi connectivity index (χ4v) is 2.39. The summed E-state index contributed by atoms with van der Waals surface area (Å²) in [6.07, 6.45) is 3.90. The van der Waals surface area contributed by atoms with Crippen molar-refractivity contribution in [3.63, 3.8) is 0 Å². The number of nitrogens with zero attached hydrogens (tertiary/aromatic N) is 3. The number of oxazole rings is 1. The molecular weight excluding hydrogens is 284 g/mol. The molecule has 0 aromatic carbocycles. The average molecular weight is 300 g/mol. The van der Waals surface area contributed by atoms with Gasteiger partial charge >= 0.3 is 6.03 Å². The van der Waals surface area contributed by atoms with Crippen molar-refractivity contribution in [3.8, 4) is 0 Å². The number of pyridine rings is 1. The second-order valence-corrected chi connectivity index (χ2v) is 5.24. The maximum atomic E-state index is 12.7. The lowest BCUT2D eigenvalue weighted by Crippen LogP contribution is -2.41. The zero-order chi connectivity index (χ0) is 15.7. The molecule has 3 heterocycles. The molecule has 7 nitrogen and oxygen atoms in total. The Bertz CT molecular complexity index is 713. The maximum absolute atomic E-state index is 12.7. The molecule has 1 atom stereocenters. The monoisotopic (exact) mass is 300 g/mol. The molecule has 0 aliphatic carbocycles. The summed E-state index contributed by atoms with van der Waals surface area (Å²) in [5, 5.41) is 2.69. The zero-order valence-electron chi connectivity index (χ0n) is 12.4. The number of urea groups is 1. The lowest BCUT2D eigenvalue weighted by Gasteiger charge is -2.20. The predicted molar refractivity (Wildman–Crippen MR) is 76.6 cm³/mol. The number of aromatic nitrogens is 2. The summed E-state index contributed by atoms with van der Waals surface area (Å²) >= 11 is 0. The lowest BCUT2D eigenvalue weighted by atomic mass is 9.97. The van der Waals surface area contributed by atoms with Crippen LogP contribution in [0.2, 0.25) is 0 Å². The Morgan fingerprint density at radius 3 is 2.77 bits per heavy atom. The minimum atomic E-state index is -1.17. The van der Waals surface area contributed by atoms with Crippen LogP contribution in [0.1, 0.15) is 31.2 Å². The molecule has 22 heavy (non-hydrogen) atoms. The Hall–Kier alpha value is -2.70. The van der Waals surface area contributed by atoms with Gasteiger partial charge in [0.05, 0.1) is 11.9 Å². The largest absolute Gasteiger partial charge is 0.444 e. The molecule has 3 amide bonds. The Kier molecular flexibility index (Phi) is 3.40. The Balaban J connectivity index is 1.85. The fraction of sp³-hybridized carbons (Fsp3) is 0.333. The van der Waals surface area contributed by atoms with E-state index in [1.54, 1.807) is 37.5 Å². The van der Waals surface area contributed by atoms with Gasteiger partial charge in [0.2, 0.25) is 5.89 Å². The number of rotatable bonds is 4. The molecule has 0 bridgehead atoms. The van der Waals surface area contributed by atoms with Crippen molar-refractivity contribution in [3.05, 3.63) is 47.9 Å². The van der Waals surface area contributed by atoms with Crippen LogP contribution in [0.15, 0.2) is 35.0 Å². The average Bonchev–Trinajstić information content (AvgIpc) is 3.07. The second kappa shape index (κ2) is 5.25. The topological polar surface area (TPSA) is 88.3 Å². The quantitative estimate of drug-likeness (QED) is 0.866. The number of amides is 3. The van der Waals surface area contributed by atoms with Gasteiger partial charge in [-0.3, -0.25) is 14.7 Å². The van der Waals surface area contributed by atoms with Crippen LogP contribution in [0, 0.1) is 0 Å². The Labute approximate surface area is 127 Å². The molecule has 1 saturated heterocycles. The number of imide groups is 1. The number of carbonyl (C=O) groups is 2. The normalized spacial score (nSPS) is 21.3. The molecule has 1 aliphatic heterocycles. The van der Waals surface area contributed by atoms with E-state index in [4.69, 9.17) is 4.42 Å². The predicted octanol–water partition coefficient (Wildman–Crippen LogP) is 1.60. The van der Waals surface area contributed by atoms with Gasteiger partial charge < -0.3 is 9.73 Å². The standard InChI is InChI=1S/C15H16N4O3/c1-3-10-8-17-12(22-10)9-19-13(20)15(2,18-14(19)21)11-6-4-5-7-16-11/h4-8H,3,9H2,1-2H3,(H,18,21). The molecule has 0 spiro atoms. The van der Waals surface area contributed by atoms with Gasteiger partial charge in [0, 0.05) is 12.6 Å². The highest BCUT2D eigenvalue weighted by atomic mass is 16.4. The highest BCUT2D eigenvalue weighted by molar-refractivity contribution is 6.06. The van der Waals surface area contributed by atoms with Crippen LogP contribution in [0.4, 0.5) is 4.79 Å². The van der Waals surface area contributed by atoms with Crippen LogP contribution < -0.4 is 5.32 Å². The molecule has 0 radical (unpaired) electrons. The smallest absolute Gasteiger partial charge is 0.325 e. The molecule has 2 aromatic heterocycles. The molecule has 1 fully saturated rings. The number of carbonyl (C=O) groups excluding carboxylic acids is 2. The van der Waals surface area contributed by atoms with E-state index in [-0.39, 0.29) is 12.5 Å². The molecular formula is C15H16N4O3. The SMILES string of the molecule is CCc1cnc(CN2C(=O)NC(C)(c3ccccn3)C2=O)o1. The Morgan fingerprint density at radius 1 is 1.32 bits per heavy atom. The number of aryl methyl sites for hydroxylation is 1. The van der Waals surface area contributed by atoms with Gasteiger partial charge in [0.25, 0.3) is 5.91 Å². The lowest BCUT2D eigenvalue weighted by molar-refractivity contribution is -0.131. The van der Waals surface area contributed by atoms with Gasteiger partial charge in [-0.2, -0.15) is 0 Å². The molecule has 3 rings (SSSR count). The van der Waals surface area contributed by atoms with E-state index in [2.05, 4.69) is 15.3 Å². The highest BCUT2D eigenvalue weighted by Crippen LogP contribution is 2.28. The summed E-state index contributed by atoms with van der Waals surface area (Å²) in [5.41, 5.74) is -0.670. The van der Waals surface area contributed by atoms with E-state index in [1.165, 1.54) is 0 Å². The van der Waals surface area contributed by atoms with Crippen LogP contribution in [-0.2, 0) is 23.3 Å². The summed E-state index contributed by atoms with van der Waals surface area (Å²) < 4.78 is 5.46. The van der Waals surface area contributed by atoms with Crippen molar-refractivity contribution in [2.24, 2.45) is 0 Å². The van der Waals surface area contributed by atoms with E-state index in [1.807, 2.05) is 6.92 Å². The van der Waals surface area contributed by atoms with Crippen molar-refractivity contribution in [1.29, 1.82) is 0 Å².